The zero-order valence-corrected chi connectivity index (χ0v) is 21.8. The third-order valence-corrected chi connectivity index (χ3v) is 4.98. The van der Waals surface area contributed by atoms with E-state index in [0.717, 1.165) is 38.5 Å². The second kappa shape index (κ2) is 22.5. The second-order valence-corrected chi connectivity index (χ2v) is 8.63. The normalized spacial score (nSPS) is 14.3. The summed E-state index contributed by atoms with van der Waals surface area (Å²) in [6.45, 7) is 1.24. The molecule has 0 heterocycles. The Hall–Kier alpha value is 0.280. The monoisotopic (exact) mass is 458 g/mol. The van der Waals surface area contributed by atoms with Crippen LogP contribution in [0.5, 0.6) is 0 Å². The molecule has 0 spiro atoms. The molecule has 0 saturated heterocycles. The Bertz CT molecular complexity index is 468. The van der Waals surface area contributed by atoms with Gasteiger partial charge in [-0.3, -0.25) is 9.36 Å². The molecule has 0 radical (unpaired) electrons. The molecule has 2 N–H and O–H groups in total. The molecular weight excluding hydrogens is 418 g/mol. The van der Waals surface area contributed by atoms with Gasteiger partial charge in [-0.25, -0.2) is 0 Å². The predicted molar refractivity (Wildman–Crippen MR) is 112 cm³/mol. The van der Waals surface area contributed by atoms with Crippen molar-refractivity contribution in [1.29, 1.82) is 0 Å². The Labute approximate surface area is 204 Å². The fraction of sp³-hybridized carbons (Fsp3) is 0.857. The Morgan fingerprint density at radius 3 is 1.97 bits per heavy atom. The number of ether oxygens (including phenoxy) is 1. The molecule has 0 bridgehead atoms. The topological polar surface area (TPSA) is 116 Å². The first-order valence-electron chi connectivity index (χ1n) is 11.0. The number of carbonyl (C=O) groups excluding carboxylic acids is 1. The number of aliphatic hydroxyl groups is 1. The largest absolute Gasteiger partial charge is 1.00 e. The number of unbranched alkanes of at least 4 members (excludes halogenated alkanes) is 11. The van der Waals surface area contributed by atoms with Gasteiger partial charge in [0.2, 0.25) is 0 Å². The van der Waals surface area contributed by atoms with Crippen LogP contribution in [0.3, 0.4) is 0 Å². The summed E-state index contributed by atoms with van der Waals surface area (Å²) in [5.41, 5.74) is 0. The van der Waals surface area contributed by atoms with Crippen molar-refractivity contribution >= 4 is 13.8 Å². The van der Waals surface area contributed by atoms with Crippen LogP contribution in [0.15, 0.2) is 12.2 Å². The number of phosphoric acid groups is 1. The molecule has 0 aliphatic rings. The van der Waals surface area contributed by atoms with E-state index in [1.165, 1.54) is 44.9 Å². The summed E-state index contributed by atoms with van der Waals surface area (Å²) in [7, 11) is -4.87. The summed E-state index contributed by atoms with van der Waals surface area (Å²) in [6, 6.07) is 0. The van der Waals surface area contributed by atoms with Gasteiger partial charge in [-0.15, -0.1) is 0 Å². The maximum absolute atomic E-state index is 11.5. The molecule has 0 amide bonds. The van der Waals surface area contributed by atoms with Crippen molar-refractivity contribution in [3.63, 3.8) is 0 Å². The molecule has 0 fully saturated rings. The van der Waals surface area contributed by atoms with Gasteiger partial charge in [-0.2, -0.15) is 0 Å². The van der Waals surface area contributed by atoms with Crippen molar-refractivity contribution < 1.29 is 63.1 Å². The standard InChI is InChI=1S/C21H41O7P.Na/c1-2-3-4-5-6-7-8-9-10-11-12-13-14-15-16-17-21(23)27-18-20(22)19-28-29(24,25)26;/h9-10,20,22H,2-8,11-19H2,1H3,(H2,24,25,26);/q;+1/p-1/b10-9-;. The van der Waals surface area contributed by atoms with Gasteiger partial charge in [0.1, 0.15) is 12.7 Å². The molecule has 0 aliphatic carbocycles. The average Bonchev–Trinajstić information content (AvgIpc) is 2.67. The third-order valence-electron chi connectivity index (χ3n) is 4.51. The number of carbonyl (C=O) groups is 1. The van der Waals surface area contributed by atoms with Crippen molar-refractivity contribution in [1.82, 2.24) is 0 Å². The van der Waals surface area contributed by atoms with Crippen LogP contribution in [0.2, 0.25) is 0 Å². The Morgan fingerprint density at radius 2 is 1.43 bits per heavy atom. The van der Waals surface area contributed by atoms with E-state index >= 15 is 0 Å². The first-order valence-corrected chi connectivity index (χ1v) is 12.5. The summed E-state index contributed by atoms with van der Waals surface area (Å²) in [5.74, 6) is -0.434. The zero-order valence-electron chi connectivity index (χ0n) is 18.9. The quantitative estimate of drug-likeness (QED) is 0.0932. The molecular formula is C21H40NaO7P. The van der Waals surface area contributed by atoms with Crippen molar-refractivity contribution in [2.24, 2.45) is 0 Å². The van der Waals surface area contributed by atoms with Crippen LogP contribution >= 0.6 is 7.82 Å². The number of rotatable bonds is 20. The van der Waals surface area contributed by atoms with E-state index in [1.54, 1.807) is 0 Å². The summed E-state index contributed by atoms with van der Waals surface area (Å²) in [4.78, 5) is 30.3. The minimum absolute atomic E-state index is 0. The number of hydrogen-bond acceptors (Lipinski definition) is 6. The number of phosphoric ester groups is 1. The average molecular weight is 459 g/mol. The minimum Gasteiger partial charge on any atom is -0.756 e. The summed E-state index contributed by atoms with van der Waals surface area (Å²) in [5, 5.41) is 9.39. The summed E-state index contributed by atoms with van der Waals surface area (Å²) >= 11 is 0. The number of esters is 1. The molecule has 2 unspecified atom stereocenters. The summed E-state index contributed by atoms with van der Waals surface area (Å²) in [6.07, 6.45) is 18.9. The van der Waals surface area contributed by atoms with Gasteiger partial charge in [0, 0.05) is 6.42 Å². The predicted octanol–water partition coefficient (Wildman–Crippen LogP) is 1.41. The van der Waals surface area contributed by atoms with Crippen LogP contribution < -0.4 is 34.5 Å². The van der Waals surface area contributed by atoms with Crippen LogP contribution in [-0.4, -0.2) is 35.3 Å². The SMILES string of the molecule is CCCCCCCC/C=C\CCCCCCCC(=O)OCC(O)COP(=O)([O-])O.[Na+]. The number of allylic oxidation sites excluding steroid dienone is 2. The maximum atomic E-state index is 11.5. The molecule has 30 heavy (non-hydrogen) atoms. The van der Waals surface area contributed by atoms with Gasteiger partial charge in [-0.1, -0.05) is 70.4 Å². The maximum Gasteiger partial charge on any atom is 1.00 e. The van der Waals surface area contributed by atoms with Gasteiger partial charge in [0.05, 0.1) is 6.61 Å². The van der Waals surface area contributed by atoms with E-state index < -0.39 is 26.5 Å². The Balaban J connectivity index is 0. The number of aliphatic hydroxyl groups excluding tert-OH is 1. The van der Waals surface area contributed by atoms with Gasteiger partial charge in [0.25, 0.3) is 7.82 Å². The van der Waals surface area contributed by atoms with E-state index in [-0.39, 0.29) is 42.6 Å². The van der Waals surface area contributed by atoms with Crippen LogP contribution in [0, 0.1) is 0 Å². The Morgan fingerprint density at radius 1 is 0.933 bits per heavy atom. The Kier molecular flexibility index (Phi) is 24.3. The fourth-order valence-corrected chi connectivity index (χ4v) is 3.19. The summed E-state index contributed by atoms with van der Waals surface area (Å²) < 4.78 is 19.2. The first kappa shape index (κ1) is 32.5. The molecule has 0 rings (SSSR count). The molecule has 0 saturated carbocycles. The van der Waals surface area contributed by atoms with Crippen LogP contribution in [0.4, 0.5) is 0 Å². The molecule has 9 heteroatoms. The van der Waals surface area contributed by atoms with E-state index in [1.807, 2.05) is 0 Å². The molecule has 2 atom stereocenters. The molecule has 0 aromatic heterocycles. The smallest absolute Gasteiger partial charge is 0.756 e. The van der Waals surface area contributed by atoms with Crippen molar-refractivity contribution in [2.75, 3.05) is 13.2 Å². The molecule has 0 aliphatic heterocycles. The van der Waals surface area contributed by atoms with E-state index in [9.17, 15) is 19.4 Å². The van der Waals surface area contributed by atoms with Crippen LogP contribution in [-0.2, 0) is 18.6 Å². The minimum atomic E-state index is -4.87. The first-order chi connectivity index (χ1) is 13.8. The van der Waals surface area contributed by atoms with E-state index in [2.05, 4.69) is 23.6 Å². The van der Waals surface area contributed by atoms with Gasteiger partial charge >= 0.3 is 35.5 Å². The number of hydrogen-bond donors (Lipinski definition) is 2. The van der Waals surface area contributed by atoms with Gasteiger partial charge < -0.3 is 24.2 Å². The van der Waals surface area contributed by atoms with Gasteiger partial charge in [-0.05, 0) is 32.1 Å². The van der Waals surface area contributed by atoms with Crippen LogP contribution in [0.25, 0.3) is 0 Å². The van der Waals surface area contributed by atoms with Crippen molar-refractivity contribution in [3.8, 4) is 0 Å². The van der Waals surface area contributed by atoms with Crippen LogP contribution in [0.1, 0.15) is 96.8 Å². The molecule has 7 nitrogen and oxygen atoms in total. The molecule has 172 valence electrons. The molecule has 0 aromatic rings. The van der Waals surface area contributed by atoms with Crippen molar-refractivity contribution in [3.05, 3.63) is 12.2 Å². The second-order valence-electron chi connectivity index (χ2n) is 7.44. The van der Waals surface area contributed by atoms with E-state index in [0.29, 0.717) is 0 Å². The third kappa shape index (κ3) is 26.3. The molecule has 0 aromatic carbocycles. The van der Waals surface area contributed by atoms with E-state index in [4.69, 9.17) is 9.63 Å². The fourth-order valence-electron chi connectivity index (χ4n) is 2.83. The zero-order chi connectivity index (χ0) is 21.8. The van der Waals surface area contributed by atoms with Gasteiger partial charge in [0.15, 0.2) is 0 Å². The van der Waals surface area contributed by atoms with Crippen molar-refractivity contribution in [2.45, 2.75) is 103 Å².